The number of nitrogens with two attached hydrogens (primary N) is 1. The monoisotopic (exact) mass is 775 g/mol. The van der Waals surface area contributed by atoms with E-state index in [1.165, 1.54) is 99.8 Å². The Morgan fingerprint density at radius 3 is 2.02 bits per heavy atom. The van der Waals surface area contributed by atoms with E-state index in [0.717, 1.165) is 54.9 Å². The summed E-state index contributed by atoms with van der Waals surface area (Å²) < 4.78 is 0. The molecule has 1 unspecified atom stereocenters. The average Bonchev–Trinajstić information content (AvgIpc) is 3.20. The highest BCUT2D eigenvalue weighted by atomic mass is 32.2. The van der Waals surface area contributed by atoms with Crippen molar-refractivity contribution in [2.45, 2.75) is 168 Å². The number of carbonyl (C=O) groups excluding carboxylic acids is 1. The fraction of sp³-hybridized carbons (Fsp3) is 0.604. The molecular weight excluding hydrogens is 699 g/mol. The van der Waals surface area contributed by atoms with Gasteiger partial charge in [-0.2, -0.15) is 5.26 Å². The number of carboxylic acids is 1. The Balaban J connectivity index is 0.00000743. The third-order valence-corrected chi connectivity index (χ3v) is 11.1. The van der Waals surface area contributed by atoms with Crippen molar-refractivity contribution in [1.29, 1.82) is 5.26 Å². The number of hydrogen-bond donors (Lipinski definition) is 3. The van der Waals surface area contributed by atoms with Gasteiger partial charge in [-0.25, -0.2) is 0 Å². The fourth-order valence-electron chi connectivity index (χ4n) is 7.38. The maximum atomic E-state index is 11.6. The number of aliphatic carboxylic acids is 1. The molecule has 55 heavy (non-hydrogen) atoms. The highest BCUT2D eigenvalue weighted by Gasteiger charge is 2.35. The fourth-order valence-corrected chi connectivity index (χ4v) is 8.05. The van der Waals surface area contributed by atoms with Crippen LogP contribution in [0.5, 0.6) is 0 Å². The van der Waals surface area contributed by atoms with Gasteiger partial charge in [-0.15, -0.1) is 11.8 Å². The number of unbranched alkanes of at least 4 members (excludes halogenated alkanes) is 13. The number of nitrogens with one attached hydrogen (secondary N) is 1. The molecule has 1 atom stereocenters. The van der Waals surface area contributed by atoms with Crippen LogP contribution in [-0.2, 0) is 15.0 Å². The van der Waals surface area contributed by atoms with Crippen molar-refractivity contribution >= 4 is 40.5 Å². The van der Waals surface area contributed by atoms with Crippen LogP contribution >= 0.6 is 11.8 Å². The summed E-state index contributed by atoms with van der Waals surface area (Å²) in [5, 5.41) is 28.6. The van der Waals surface area contributed by atoms with E-state index in [4.69, 9.17) is 0 Å². The van der Waals surface area contributed by atoms with Crippen molar-refractivity contribution in [3.8, 4) is 6.07 Å². The zero-order chi connectivity index (χ0) is 40.4. The van der Waals surface area contributed by atoms with Gasteiger partial charge in [0.25, 0.3) is 0 Å². The van der Waals surface area contributed by atoms with Gasteiger partial charge in [-0.3, -0.25) is 4.79 Å². The number of allylic oxidation sites excluding steroid dienone is 5. The molecule has 0 aromatic heterocycles. The lowest BCUT2D eigenvalue weighted by Crippen LogP contribution is -2.79. The number of carboxylic acid groups (broad SMARTS) is 1. The van der Waals surface area contributed by atoms with E-state index in [-0.39, 0.29) is 11.8 Å². The predicted molar refractivity (Wildman–Crippen MR) is 238 cm³/mol. The first kappa shape index (κ1) is 49.7. The van der Waals surface area contributed by atoms with E-state index < -0.39 is 5.97 Å². The molecule has 0 saturated heterocycles. The van der Waals surface area contributed by atoms with E-state index in [1.54, 1.807) is 11.8 Å². The molecular formula is C48H76N3O3S+. The summed E-state index contributed by atoms with van der Waals surface area (Å²) >= 11 is 1.67. The van der Waals surface area contributed by atoms with Crippen LogP contribution in [0.2, 0.25) is 0 Å². The van der Waals surface area contributed by atoms with Crippen molar-refractivity contribution < 1.29 is 20.0 Å². The summed E-state index contributed by atoms with van der Waals surface area (Å²) in [5.74, 6) is 0.117. The lowest BCUT2D eigenvalue weighted by Gasteiger charge is -2.36. The number of carbonyl (C=O) groups is 2. The first-order valence-electron chi connectivity index (χ1n) is 21.8. The lowest BCUT2D eigenvalue weighted by atomic mass is 9.68. The van der Waals surface area contributed by atoms with Crippen molar-refractivity contribution in [3.63, 3.8) is 0 Å². The van der Waals surface area contributed by atoms with Crippen LogP contribution in [-0.4, -0.2) is 36.2 Å². The molecule has 0 radical (unpaired) electrons. The minimum Gasteiger partial charge on any atom is -0.481 e. The number of hydrogen-bond acceptors (Lipinski definition) is 5. The van der Waals surface area contributed by atoms with Gasteiger partial charge in [0.05, 0.1) is 29.6 Å². The predicted octanol–water partition coefficient (Wildman–Crippen LogP) is 12.6. The molecule has 306 valence electrons. The SMILES string of the molecule is CC.CCCCCCCCCCC(C/C=C/C(C#N)=C/C=C(/NCCC=O)SCC)(CCCCCCCCC)c1c([NH2+]CCC(=O)O)ccc2ccccc12. The highest BCUT2D eigenvalue weighted by Crippen LogP contribution is 2.45. The molecule has 0 amide bonds. The van der Waals surface area contributed by atoms with Crippen molar-refractivity contribution in [2.24, 2.45) is 0 Å². The standard InChI is InChI=1S/C46H69N3O3S.C2H6/c1-4-7-9-11-13-15-17-21-33-46(32-20-16-14-12-10-8-5-2,34-22-24-39(38-47)27-30-43(53-6-3)49-35-23-37-50)45-41-26-19-18-25-40(41)28-29-42(45)48-36-31-44(51)52;1-2/h18-19,22,24-30,37,48-49H,4-17,20-21,23,31-36H2,1-3H3,(H,51,52);1-2H3/p+1/b24-22+,39-27-,43-30-;. The number of quaternary nitrogens is 1. The van der Waals surface area contributed by atoms with Gasteiger partial charge in [0.15, 0.2) is 0 Å². The Morgan fingerprint density at radius 2 is 1.45 bits per heavy atom. The van der Waals surface area contributed by atoms with Crippen molar-refractivity contribution in [2.75, 3.05) is 18.8 Å². The summed E-state index contributed by atoms with van der Waals surface area (Å²) in [6.45, 7) is 11.7. The Hall–Kier alpha value is -3.34. The maximum absolute atomic E-state index is 11.6. The second-order valence-corrected chi connectivity index (χ2v) is 15.8. The summed E-state index contributed by atoms with van der Waals surface area (Å²) in [5.41, 5.74) is 2.94. The molecule has 0 heterocycles. The van der Waals surface area contributed by atoms with Crippen LogP contribution in [0.3, 0.4) is 0 Å². The van der Waals surface area contributed by atoms with Crippen LogP contribution in [0.1, 0.15) is 169 Å². The average molecular weight is 775 g/mol. The highest BCUT2D eigenvalue weighted by molar-refractivity contribution is 8.02. The van der Waals surface area contributed by atoms with E-state index >= 15 is 0 Å². The number of aldehydes is 1. The van der Waals surface area contributed by atoms with Gasteiger partial charge in [0, 0.05) is 23.9 Å². The first-order valence-corrected chi connectivity index (χ1v) is 22.8. The number of nitriles is 1. The lowest BCUT2D eigenvalue weighted by molar-refractivity contribution is -0.571. The molecule has 0 bridgehead atoms. The molecule has 4 N–H and O–H groups in total. The van der Waals surface area contributed by atoms with Crippen molar-refractivity contribution in [1.82, 2.24) is 5.32 Å². The smallest absolute Gasteiger partial charge is 0.309 e. The number of nitrogens with zero attached hydrogens (tertiary/aromatic N) is 1. The normalized spacial score (nSPS) is 12.9. The number of rotatable bonds is 32. The van der Waals surface area contributed by atoms with Gasteiger partial charge in [-0.05, 0) is 66.1 Å². The van der Waals surface area contributed by atoms with E-state index in [2.05, 4.69) is 79.9 Å². The van der Waals surface area contributed by atoms with Crippen LogP contribution in [0.15, 0.2) is 71.3 Å². The summed E-state index contributed by atoms with van der Waals surface area (Å²) in [4.78, 5) is 22.4. The molecule has 2 aromatic rings. The third kappa shape index (κ3) is 21.0. The van der Waals surface area contributed by atoms with Crippen LogP contribution in [0.25, 0.3) is 10.8 Å². The molecule has 0 aliphatic heterocycles. The molecule has 0 spiro atoms. The Bertz CT molecular complexity index is 1460. The van der Waals surface area contributed by atoms with Gasteiger partial charge < -0.3 is 20.5 Å². The summed E-state index contributed by atoms with van der Waals surface area (Å²) in [7, 11) is 0. The molecule has 0 fully saturated rings. The Morgan fingerprint density at radius 1 is 0.855 bits per heavy atom. The summed E-state index contributed by atoms with van der Waals surface area (Å²) in [6.07, 6.45) is 31.3. The van der Waals surface area contributed by atoms with Gasteiger partial charge in [0.1, 0.15) is 12.0 Å². The van der Waals surface area contributed by atoms with Crippen LogP contribution in [0, 0.1) is 11.3 Å². The zero-order valence-electron chi connectivity index (χ0n) is 35.3. The zero-order valence-corrected chi connectivity index (χ0v) is 36.1. The quantitative estimate of drug-likeness (QED) is 0.0225. The second-order valence-electron chi connectivity index (χ2n) is 14.5. The molecule has 2 aromatic carbocycles. The van der Waals surface area contributed by atoms with Gasteiger partial charge in [0.2, 0.25) is 0 Å². The minimum absolute atomic E-state index is 0.112. The van der Waals surface area contributed by atoms with E-state index in [1.807, 2.05) is 32.1 Å². The largest absolute Gasteiger partial charge is 0.481 e. The number of benzene rings is 2. The molecule has 0 aliphatic carbocycles. The minimum atomic E-state index is -0.774. The second kappa shape index (κ2) is 32.9. The summed E-state index contributed by atoms with van der Waals surface area (Å²) in [6, 6.07) is 15.5. The molecule has 2 rings (SSSR count). The Labute approximate surface area is 340 Å². The van der Waals surface area contributed by atoms with E-state index in [0.29, 0.717) is 25.1 Å². The molecule has 7 heteroatoms. The molecule has 6 nitrogen and oxygen atoms in total. The van der Waals surface area contributed by atoms with Crippen LogP contribution < -0.4 is 10.6 Å². The third-order valence-electron chi connectivity index (χ3n) is 10.2. The van der Waals surface area contributed by atoms with Gasteiger partial charge in [-0.1, -0.05) is 161 Å². The number of thioether (sulfide) groups is 1. The number of fused-ring (bicyclic) bond motifs is 1. The maximum Gasteiger partial charge on any atom is 0.309 e. The first-order chi connectivity index (χ1) is 26.9. The Kier molecular flexibility index (Phi) is 29.7. The van der Waals surface area contributed by atoms with E-state index in [9.17, 15) is 20.0 Å². The topological polar surface area (TPSA) is 107 Å². The van der Waals surface area contributed by atoms with Gasteiger partial charge >= 0.3 is 5.97 Å². The van der Waals surface area contributed by atoms with Crippen LogP contribution in [0.4, 0.5) is 5.69 Å². The molecule has 0 saturated carbocycles. The molecule has 0 aliphatic rings. The van der Waals surface area contributed by atoms with Crippen molar-refractivity contribution in [3.05, 3.63) is 76.9 Å².